The van der Waals surface area contributed by atoms with E-state index in [9.17, 15) is 4.79 Å². The van der Waals surface area contributed by atoms with Crippen LogP contribution in [0.5, 0.6) is 0 Å². The molecule has 0 radical (unpaired) electrons. The Kier molecular flexibility index (Phi) is 35.7. The molecule has 0 fully saturated rings. The zero-order valence-corrected chi connectivity index (χ0v) is 30.5. The summed E-state index contributed by atoms with van der Waals surface area (Å²) in [4.78, 5) is 16.7. The van der Waals surface area contributed by atoms with Gasteiger partial charge in [0.15, 0.2) is 5.78 Å². The molecule has 0 bridgehead atoms. The van der Waals surface area contributed by atoms with Crippen LogP contribution in [0.3, 0.4) is 0 Å². The van der Waals surface area contributed by atoms with Crippen molar-refractivity contribution in [2.75, 3.05) is 19.8 Å². The van der Waals surface area contributed by atoms with E-state index in [1.807, 2.05) is 0 Å². The van der Waals surface area contributed by atoms with Gasteiger partial charge in [-0.15, -0.1) is 0 Å². The minimum Gasteiger partial charge on any atom is -0.379 e. The van der Waals surface area contributed by atoms with Crippen LogP contribution >= 0.6 is 0 Å². The van der Waals surface area contributed by atoms with Gasteiger partial charge >= 0.3 is 0 Å². The maximum atomic E-state index is 11.7. The molecule has 0 aromatic rings. The van der Waals surface area contributed by atoms with Crippen LogP contribution in [0.15, 0.2) is 17.1 Å². The number of hydrogen-bond donors (Lipinski definition) is 0. The van der Waals surface area contributed by atoms with E-state index < -0.39 is 0 Å². The first-order valence-corrected chi connectivity index (χ1v) is 19.9. The molecule has 0 aliphatic heterocycles. The van der Waals surface area contributed by atoms with Crippen LogP contribution < -0.4 is 0 Å². The monoisotopic (exact) mass is 618 g/mol. The lowest BCUT2D eigenvalue weighted by Gasteiger charge is -2.09. The van der Waals surface area contributed by atoms with Gasteiger partial charge in [0.05, 0.1) is 19.8 Å². The highest BCUT2D eigenvalue weighted by molar-refractivity contribution is 5.94. The summed E-state index contributed by atoms with van der Waals surface area (Å²) in [5.41, 5.74) is 2.03. The van der Waals surface area contributed by atoms with Crippen LogP contribution in [-0.4, -0.2) is 31.3 Å². The molecule has 44 heavy (non-hydrogen) atoms. The van der Waals surface area contributed by atoms with Gasteiger partial charge in [0, 0.05) is 12.1 Å². The van der Waals surface area contributed by atoms with Crippen molar-refractivity contribution in [2.24, 2.45) is 4.99 Å². The van der Waals surface area contributed by atoms with Crippen molar-refractivity contribution in [3.8, 4) is 0 Å². The Hall–Kier alpha value is -0.960. The van der Waals surface area contributed by atoms with Gasteiger partial charge in [-0.3, -0.25) is 9.79 Å². The molecule has 0 heterocycles. The van der Waals surface area contributed by atoms with Gasteiger partial charge in [0.2, 0.25) is 0 Å². The molecule has 260 valence electrons. The molecule has 0 amide bonds. The lowest BCUT2D eigenvalue weighted by Crippen LogP contribution is -2.08. The van der Waals surface area contributed by atoms with Crippen LogP contribution in [0.4, 0.5) is 0 Å². The van der Waals surface area contributed by atoms with Crippen molar-refractivity contribution in [3.63, 3.8) is 0 Å². The van der Waals surface area contributed by atoms with E-state index in [1.165, 1.54) is 185 Å². The highest BCUT2D eigenvalue weighted by Gasteiger charge is 2.04. The Labute approximate surface area is 277 Å². The molecule has 0 aliphatic rings. The largest absolute Gasteiger partial charge is 0.379 e. The average Bonchev–Trinajstić information content (AvgIpc) is 3.02. The molecular formula is C41H79NO2. The third-order valence-electron chi connectivity index (χ3n) is 9.16. The zero-order chi connectivity index (χ0) is 32.2. The Balaban J connectivity index is 3.99. The van der Waals surface area contributed by atoms with Crippen LogP contribution in [-0.2, 0) is 9.53 Å². The van der Waals surface area contributed by atoms with E-state index in [1.54, 1.807) is 6.92 Å². The van der Waals surface area contributed by atoms with Gasteiger partial charge in [-0.1, -0.05) is 187 Å². The van der Waals surface area contributed by atoms with E-state index in [2.05, 4.69) is 20.4 Å². The molecular weight excluding hydrogens is 538 g/mol. The lowest BCUT2D eigenvalue weighted by atomic mass is 10.0. The Morgan fingerprint density at radius 1 is 0.477 bits per heavy atom. The number of rotatable bonds is 37. The van der Waals surface area contributed by atoms with E-state index in [0.29, 0.717) is 25.2 Å². The molecule has 3 heteroatoms. The number of hydrogen-bond acceptors (Lipinski definition) is 3. The highest BCUT2D eigenvalue weighted by atomic mass is 16.5. The summed E-state index contributed by atoms with van der Waals surface area (Å²) in [6.45, 7) is 11.9. The Morgan fingerprint density at radius 3 is 1.11 bits per heavy atom. The third-order valence-corrected chi connectivity index (χ3v) is 9.16. The lowest BCUT2D eigenvalue weighted by molar-refractivity contribution is -0.116. The first-order chi connectivity index (χ1) is 21.6. The quantitative estimate of drug-likeness (QED) is 0.0395. The number of carbonyl (C=O) groups excluding carboxylic acids is 1. The van der Waals surface area contributed by atoms with E-state index in [-0.39, 0.29) is 5.78 Å². The molecule has 0 aromatic carbocycles. The second-order valence-electron chi connectivity index (χ2n) is 13.7. The summed E-state index contributed by atoms with van der Waals surface area (Å²) < 4.78 is 5.69. The fourth-order valence-corrected chi connectivity index (χ4v) is 6.08. The van der Waals surface area contributed by atoms with Crippen molar-refractivity contribution in [1.82, 2.24) is 0 Å². The number of allylic oxidation sites excluding steroid dienone is 1. The van der Waals surface area contributed by atoms with Gasteiger partial charge in [-0.25, -0.2) is 0 Å². The predicted molar refractivity (Wildman–Crippen MR) is 197 cm³/mol. The summed E-state index contributed by atoms with van der Waals surface area (Å²) in [5.74, 6) is 0.102. The zero-order valence-electron chi connectivity index (χ0n) is 30.5. The molecule has 0 N–H and O–H groups in total. The molecule has 0 saturated carbocycles. The predicted octanol–water partition coefficient (Wildman–Crippen LogP) is 13.7. The Bertz CT molecular complexity index is 607. The summed E-state index contributed by atoms with van der Waals surface area (Å²) in [7, 11) is 0. The molecule has 0 saturated heterocycles. The minimum absolute atomic E-state index is 0.102. The Morgan fingerprint density at radius 2 is 0.795 bits per heavy atom. The molecule has 0 atom stereocenters. The number of unbranched alkanes of at least 4 members (excludes halogenated alkanes) is 26. The fourth-order valence-electron chi connectivity index (χ4n) is 6.08. The number of ether oxygens (including phenoxy) is 1. The molecule has 0 aliphatic carbocycles. The van der Waals surface area contributed by atoms with Crippen molar-refractivity contribution in [3.05, 3.63) is 12.2 Å². The minimum atomic E-state index is 0.102. The SMILES string of the molecule is C=C(C)C(=O)CCOCCN=C(CCCCCCCCCCCCCCCC)CCCCCCCCCCCCCCCC. The van der Waals surface area contributed by atoms with E-state index >= 15 is 0 Å². The van der Waals surface area contributed by atoms with Crippen molar-refractivity contribution in [2.45, 2.75) is 220 Å². The molecule has 0 rings (SSSR count). The van der Waals surface area contributed by atoms with Gasteiger partial charge in [-0.05, 0) is 38.2 Å². The second kappa shape index (κ2) is 36.5. The van der Waals surface area contributed by atoms with Crippen LogP contribution in [0.25, 0.3) is 0 Å². The number of ketones is 1. The normalized spacial score (nSPS) is 11.2. The van der Waals surface area contributed by atoms with Crippen LogP contribution in [0.1, 0.15) is 220 Å². The summed E-state index contributed by atoms with van der Waals surface area (Å²) >= 11 is 0. The molecule has 0 unspecified atom stereocenters. The first-order valence-electron chi connectivity index (χ1n) is 19.9. The van der Waals surface area contributed by atoms with Crippen LogP contribution in [0, 0.1) is 0 Å². The number of nitrogens with zero attached hydrogens (tertiary/aromatic N) is 1. The topological polar surface area (TPSA) is 38.7 Å². The van der Waals surface area contributed by atoms with Gasteiger partial charge < -0.3 is 4.74 Å². The number of Topliss-reactive ketones (excluding diaryl/α,β-unsaturated/α-hetero) is 1. The van der Waals surface area contributed by atoms with Gasteiger partial charge in [0.1, 0.15) is 0 Å². The standard InChI is InChI=1S/C41H79NO2/c1-5-7-9-11-13-15-17-19-21-23-25-27-29-31-33-40(42-36-38-44-37-35-41(43)39(3)4)34-32-30-28-26-24-22-20-18-16-14-12-10-8-6-2/h3,5-38H2,1-2,4H3. The number of aliphatic imine (C=N–C) groups is 1. The fraction of sp³-hybridized carbons (Fsp3) is 0.902. The van der Waals surface area contributed by atoms with E-state index in [0.717, 1.165) is 19.4 Å². The second-order valence-corrected chi connectivity index (χ2v) is 13.7. The first kappa shape index (κ1) is 43.0. The van der Waals surface area contributed by atoms with Crippen molar-refractivity contribution >= 4 is 11.5 Å². The maximum absolute atomic E-state index is 11.7. The summed E-state index contributed by atoms with van der Waals surface area (Å²) in [5, 5.41) is 0. The van der Waals surface area contributed by atoms with Crippen LogP contribution in [0.2, 0.25) is 0 Å². The van der Waals surface area contributed by atoms with Crippen molar-refractivity contribution in [1.29, 1.82) is 0 Å². The third kappa shape index (κ3) is 33.9. The summed E-state index contributed by atoms with van der Waals surface area (Å²) in [6.07, 6.45) is 42.1. The number of carbonyl (C=O) groups is 1. The van der Waals surface area contributed by atoms with E-state index in [4.69, 9.17) is 9.73 Å². The molecule has 0 spiro atoms. The highest BCUT2D eigenvalue weighted by Crippen LogP contribution is 2.16. The maximum Gasteiger partial charge on any atom is 0.160 e. The van der Waals surface area contributed by atoms with Gasteiger partial charge in [0.25, 0.3) is 0 Å². The summed E-state index contributed by atoms with van der Waals surface area (Å²) in [6, 6.07) is 0. The van der Waals surface area contributed by atoms with Gasteiger partial charge in [-0.2, -0.15) is 0 Å². The van der Waals surface area contributed by atoms with Crippen molar-refractivity contribution < 1.29 is 9.53 Å². The molecule has 0 aromatic heterocycles. The smallest absolute Gasteiger partial charge is 0.160 e. The molecule has 3 nitrogen and oxygen atoms in total. The average molecular weight is 618 g/mol.